The zero-order chi connectivity index (χ0) is 11.7. The van der Waals surface area contributed by atoms with Gasteiger partial charge in [0.05, 0.1) is 10.0 Å². The van der Waals surface area contributed by atoms with Gasteiger partial charge in [-0.25, -0.2) is 4.99 Å². The summed E-state index contributed by atoms with van der Waals surface area (Å²) in [6.07, 6.45) is 0. The molecule has 7 heteroatoms. The van der Waals surface area contributed by atoms with Crippen LogP contribution < -0.4 is 4.67 Å². The summed E-state index contributed by atoms with van der Waals surface area (Å²) < 4.78 is 1.14. The quantitative estimate of drug-likeness (QED) is 0.598. The lowest BCUT2D eigenvalue weighted by molar-refractivity contribution is 1.41. The van der Waals surface area contributed by atoms with Gasteiger partial charge in [0.15, 0.2) is 0 Å². The molecule has 0 saturated carbocycles. The van der Waals surface area contributed by atoms with Crippen molar-refractivity contribution in [2.24, 2.45) is 4.99 Å². The molecule has 0 spiro atoms. The van der Waals surface area contributed by atoms with E-state index in [1.54, 1.807) is 18.2 Å². The Labute approximate surface area is 119 Å². The van der Waals surface area contributed by atoms with Crippen LogP contribution in [0.1, 0.15) is 0 Å². The highest BCUT2D eigenvalue weighted by Gasteiger charge is 2.07. The maximum atomic E-state index is 5.99. The van der Waals surface area contributed by atoms with Crippen LogP contribution in [0.25, 0.3) is 0 Å². The van der Waals surface area contributed by atoms with Crippen LogP contribution in [0.2, 0.25) is 19.4 Å². The summed E-state index contributed by atoms with van der Waals surface area (Å²) in [4.78, 5) is 4.31. The fourth-order valence-electron chi connectivity index (χ4n) is 0.998. The molecule has 1 aromatic carbocycles. The van der Waals surface area contributed by atoms with Crippen LogP contribution in [0.5, 0.6) is 0 Å². The molecule has 0 atom stereocenters. The Morgan fingerprint density at radius 1 is 0.938 bits per heavy atom. The van der Waals surface area contributed by atoms with Gasteiger partial charge >= 0.3 is 0 Å². The number of nitrogens with zero attached hydrogens (tertiary/aromatic N) is 1. The van der Waals surface area contributed by atoms with Crippen LogP contribution in [-0.2, 0) is 0 Å². The third-order valence-corrected chi connectivity index (χ3v) is 5.81. The van der Waals surface area contributed by atoms with Gasteiger partial charge in [0.1, 0.15) is 19.7 Å². The molecule has 1 heterocycles. The second kappa shape index (κ2) is 5.25. The molecule has 0 aliphatic rings. The summed E-state index contributed by atoms with van der Waals surface area (Å²) in [6, 6.07) is 5.20. The molecule has 84 valence electrons. The number of halogens is 4. The summed E-state index contributed by atoms with van der Waals surface area (Å²) in [7, 11) is 2.74. The molecule has 0 radical (unpaired) electrons. The minimum absolute atomic E-state index is 0.438. The Kier molecular flexibility index (Phi) is 4.16. The van der Waals surface area contributed by atoms with Gasteiger partial charge in [-0.05, 0) is 12.1 Å². The van der Waals surface area contributed by atoms with Gasteiger partial charge in [0.2, 0.25) is 0 Å². The van der Waals surface area contributed by atoms with Crippen molar-refractivity contribution in [2.45, 2.75) is 0 Å². The van der Waals surface area contributed by atoms with E-state index < -0.39 is 0 Å². The normalized spacial score (nSPS) is 12.1. The fraction of sp³-hybridized carbons (Fsp3) is 0. The third-order valence-electron chi connectivity index (χ3n) is 1.70. The van der Waals surface area contributed by atoms with E-state index in [1.807, 2.05) is 0 Å². The molecular formula is C9H3Cl4NS2. The molecule has 0 amide bonds. The number of para-hydroxylation sites is 1. The van der Waals surface area contributed by atoms with Crippen molar-refractivity contribution in [1.82, 2.24) is 0 Å². The van der Waals surface area contributed by atoms with Gasteiger partial charge in [-0.15, -0.1) is 0 Å². The Morgan fingerprint density at radius 3 is 2.06 bits per heavy atom. The van der Waals surface area contributed by atoms with E-state index in [0.717, 1.165) is 0 Å². The topological polar surface area (TPSA) is 12.4 Å². The van der Waals surface area contributed by atoms with Crippen LogP contribution in [0.4, 0.5) is 5.69 Å². The van der Waals surface area contributed by atoms with Crippen molar-refractivity contribution in [3.05, 3.63) is 42.3 Å². The Bertz CT molecular complexity index is 567. The second-order valence-electron chi connectivity index (χ2n) is 2.74. The summed E-state index contributed by atoms with van der Waals surface area (Å²) >= 11 is 23.8. The lowest BCUT2D eigenvalue weighted by Gasteiger charge is -1.98. The largest absolute Gasteiger partial charge is 0.233 e. The Hall–Kier alpha value is 0.230. The second-order valence-corrected chi connectivity index (χ2v) is 6.66. The van der Waals surface area contributed by atoms with E-state index in [0.29, 0.717) is 29.8 Å². The van der Waals surface area contributed by atoms with Crippen molar-refractivity contribution in [1.29, 1.82) is 0 Å². The summed E-state index contributed by atoms with van der Waals surface area (Å²) in [5.74, 6) is 0. The van der Waals surface area contributed by atoms with E-state index in [4.69, 9.17) is 46.4 Å². The highest BCUT2D eigenvalue weighted by molar-refractivity contribution is 7.69. The first kappa shape index (κ1) is 12.7. The van der Waals surface area contributed by atoms with Gasteiger partial charge in [-0.1, -0.05) is 73.2 Å². The van der Waals surface area contributed by atoms with Crippen LogP contribution in [0.15, 0.2) is 23.2 Å². The molecule has 2 rings (SSSR count). The van der Waals surface area contributed by atoms with Crippen molar-refractivity contribution in [2.75, 3.05) is 0 Å². The molecule has 0 N–H and O–H groups in total. The summed E-state index contributed by atoms with van der Waals surface area (Å²) in [5, 5.41) is 1.41. The van der Waals surface area contributed by atoms with E-state index >= 15 is 0 Å². The Balaban J connectivity index is 2.64. The predicted molar refractivity (Wildman–Crippen MR) is 73.9 cm³/mol. The predicted octanol–water partition coefficient (Wildman–Crippen LogP) is 5.66. The fourth-order valence-corrected chi connectivity index (χ4v) is 4.22. The Morgan fingerprint density at radius 2 is 1.56 bits per heavy atom. The molecule has 1 aromatic heterocycles. The first-order chi connectivity index (χ1) is 7.59. The van der Waals surface area contributed by atoms with Gasteiger partial charge in [-0.3, -0.25) is 0 Å². The van der Waals surface area contributed by atoms with E-state index in [1.165, 1.54) is 20.7 Å². The molecule has 0 aliphatic heterocycles. The van der Waals surface area contributed by atoms with Crippen LogP contribution in [0, 0.1) is 0 Å². The molecule has 0 unspecified atom stereocenters. The van der Waals surface area contributed by atoms with Crippen LogP contribution in [0.3, 0.4) is 0 Å². The lowest BCUT2D eigenvalue weighted by atomic mass is 10.3. The minimum atomic E-state index is 0.438. The number of benzene rings is 1. The van der Waals surface area contributed by atoms with Gasteiger partial charge in [0, 0.05) is 0 Å². The first-order valence-electron chi connectivity index (χ1n) is 4.02. The standard InChI is InChI=1S/C9H3Cl4NS2/c10-4-2-1-3-5(11)7(4)14-9-6(12)8(13)15-16-9/h1-3H. The maximum absolute atomic E-state index is 5.99. The molecule has 2 aromatic rings. The van der Waals surface area contributed by atoms with Crippen LogP contribution >= 0.6 is 67.1 Å². The van der Waals surface area contributed by atoms with Gasteiger partial charge in [0.25, 0.3) is 0 Å². The van der Waals surface area contributed by atoms with E-state index in [-0.39, 0.29) is 0 Å². The van der Waals surface area contributed by atoms with E-state index in [2.05, 4.69) is 4.99 Å². The van der Waals surface area contributed by atoms with E-state index in [9.17, 15) is 0 Å². The highest BCUT2D eigenvalue weighted by Crippen LogP contribution is 2.34. The molecule has 0 bridgehead atoms. The lowest BCUT2D eigenvalue weighted by Crippen LogP contribution is -1.92. The average Bonchev–Trinajstić information content (AvgIpc) is 2.55. The zero-order valence-corrected chi connectivity index (χ0v) is 12.2. The smallest absolute Gasteiger partial charge is 0.147 e. The van der Waals surface area contributed by atoms with Gasteiger partial charge in [-0.2, -0.15) is 0 Å². The SMILES string of the molecule is Clc1cccc(Cl)c1N=c1ssc(Cl)c1Cl. The molecule has 0 saturated heterocycles. The van der Waals surface area contributed by atoms with Crippen molar-refractivity contribution < 1.29 is 0 Å². The highest BCUT2D eigenvalue weighted by atomic mass is 35.5. The average molecular weight is 331 g/mol. The molecular weight excluding hydrogens is 328 g/mol. The molecule has 0 aliphatic carbocycles. The summed E-state index contributed by atoms with van der Waals surface area (Å²) in [5.41, 5.74) is 0.512. The van der Waals surface area contributed by atoms with Crippen molar-refractivity contribution >= 4 is 72.8 Å². The third kappa shape index (κ3) is 2.55. The first-order valence-corrected chi connectivity index (χ1v) is 7.68. The monoisotopic (exact) mass is 329 g/mol. The zero-order valence-electron chi connectivity index (χ0n) is 7.51. The maximum Gasteiger partial charge on any atom is 0.147 e. The number of hydrogen-bond acceptors (Lipinski definition) is 3. The minimum Gasteiger partial charge on any atom is -0.233 e. The summed E-state index contributed by atoms with van der Waals surface area (Å²) in [6.45, 7) is 0. The molecule has 16 heavy (non-hydrogen) atoms. The van der Waals surface area contributed by atoms with Crippen molar-refractivity contribution in [3.63, 3.8) is 0 Å². The van der Waals surface area contributed by atoms with Crippen LogP contribution in [-0.4, -0.2) is 0 Å². The number of hydrogen-bond donors (Lipinski definition) is 0. The van der Waals surface area contributed by atoms with Crippen molar-refractivity contribution in [3.8, 4) is 0 Å². The molecule has 0 fully saturated rings. The number of rotatable bonds is 1. The van der Waals surface area contributed by atoms with Gasteiger partial charge < -0.3 is 0 Å². The molecule has 1 nitrogen and oxygen atoms in total.